The van der Waals surface area contributed by atoms with E-state index in [1.165, 1.54) is 6.42 Å². The van der Waals surface area contributed by atoms with Crippen LogP contribution in [0.4, 0.5) is 0 Å². The summed E-state index contributed by atoms with van der Waals surface area (Å²) in [5.41, 5.74) is 0. The molecule has 1 rings (SSSR count). The molecule has 0 aromatic heterocycles. The lowest BCUT2D eigenvalue weighted by Gasteiger charge is -2.33. The predicted molar refractivity (Wildman–Crippen MR) is 87.0 cm³/mol. The normalized spacial score (nSPS) is 17.4. The number of rotatable bonds is 9. The highest BCUT2D eigenvalue weighted by Crippen LogP contribution is 2.20. The molecule has 1 unspecified atom stereocenters. The maximum Gasteiger partial charge on any atom is 0.251 e. The molecule has 5 nitrogen and oxygen atoms in total. The summed E-state index contributed by atoms with van der Waals surface area (Å²) in [6.45, 7) is 8.31. The van der Waals surface area contributed by atoms with Crippen molar-refractivity contribution < 1.29 is 14.3 Å². The lowest BCUT2D eigenvalue weighted by atomic mass is 9.93. The Bertz CT molecular complexity index is 272. The molecule has 0 radical (unpaired) electrons. The third-order valence-corrected chi connectivity index (χ3v) is 3.88. The van der Waals surface area contributed by atoms with Crippen molar-refractivity contribution in [2.75, 3.05) is 46.5 Å². The quantitative estimate of drug-likeness (QED) is 0.656. The van der Waals surface area contributed by atoms with Gasteiger partial charge in [0, 0.05) is 19.7 Å². The second-order valence-corrected chi connectivity index (χ2v) is 5.37. The fraction of sp³-hybridized carbons (Fsp3) is 0.933. The third-order valence-electron chi connectivity index (χ3n) is 3.88. The first-order valence-electron chi connectivity index (χ1n) is 7.81. The predicted octanol–water partition coefficient (Wildman–Crippen LogP) is 1.70. The summed E-state index contributed by atoms with van der Waals surface area (Å²) in [4.78, 5) is 14.2. The molecule has 1 aliphatic rings. The van der Waals surface area contributed by atoms with Gasteiger partial charge in [-0.05, 0) is 52.6 Å². The maximum absolute atomic E-state index is 12.2. The number of nitrogens with one attached hydrogen (secondary N) is 1. The third kappa shape index (κ3) is 8.00. The molecule has 0 saturated carbocycles. The molecule has 0 aromatic rings. The van der Waals surface area contributed by atoms with Gasteiger partial charge >= 0.3 is 0 Å². The molecular formula is C15H31ClN2O3. The molecule has 1 N–H and O–H groups in total. The Balaban J connectivity index is 0.00000400. The van der Waals surface area contributed by atoms with Crippen LogP contribution < -0.4 is 5.32 Å². The summed E-state index contributed by atoms with van der Waals surface area (Å²) >= 11 is 0. The first-order valence-corrected chi connectivity index (χ1v) is 7.81. The average Bonchev–Trinajstić information content (AvgIpc) is 2.49. The minimum Gasteiger partial charge on any atom is -0.379 e. The Morgan fingerprint density at radius 1 is 1.33 bits per heavy atom. The van der Waals surface area contributed by atoms with Crippen LogP contribution >= 0.6 is 12.4 Å². The van der Waals surface area contributed by atoms with Crippen molar-refractivity contribution in [1.82, 2.24) is 10.2 Å². The number of halogens is 1. The minimum atomic E-state index is -0.357. The van der Waals surface area contributed by atoms with Crippen molar-refractivity contribution in [1.29, 1.82) is 0 Å². The molecule has 126 valence electrons. The van der Waals surface area contributed by atoms with Gasteiger partial charge in [0.1, 0.15) is 6.10 Å². The summed E-state index contributed by atoms with van der Waals surface area (Å²) in [6.07, 6.45) is 3.07. The summed E-state index contributed by atoms with van der Waals surface area (Å²) in [6, 6.07) is 0. The molecule has 1 atom stereocenters. The number of hydrogen-bond acceptors (Lipinski definition) is 4. The number of carbonyl (C=O) groups is 1. The minimum absolute atomic E-state index is 0. The number of likely N-dealkylation sites (tertiary alicyclic amines) is 1. The Labute approximate surface area is 135 Å². The molecule has 6 heteroatoms. The summed E-state index contributed by atoms with van der Waals surface area (Å²) in [5, 5.41) is 3.19. The highest BCUT2D eigenvalue weighted by atomic mass is 35.5. The largest absolute Gasteiger partial charge is 0.379 e. The number of hydrogen-bond donors (Lipinski definition) is 1. The second-order valence-electron chi connectivity index (χ2n) is 5.37. The molecule has 1 amide bonds. The van der Waals surface area contributed by atoms with E-state index in [9.17, 15) is 4.79 Å². The molecule has 0 aliphatic carbocycles. The first-order chi connectivity index (χ1) is 9.69. The van der Waals surface area contributed by atoms with Crippen LogP contribution in [0.3, 0.4) is 0 Å². The van der Waals surface area contributed by atoms with Gasteiger partial charge in [-0.1, -0.05) is 0 Å². The lowest BCUT2D eigenvalue weighted by molar-refractivity contribution is -0.144. The lowest BCUT2D eigenvalue weighted by Crippen LogP contribution is -2.44. The summed E-state index contributed by atoms with van der Waals surface area (Å²) in [7, 11) is 1.99. The molecule has 0 spiro atoms. The summed E-state index contributed by atoms with van der Waals surface area (Å²) < 4.78 is 10.7. The Kier molecular flexibility index (Phi) is 12.0. The number of carbonyl (C=O) groups excluding carboxylic acids is 1. The Hall–Kier alpha value is -0.360. The van der Waals surface area contributed by atoms with Crippen LogP contribution in [0.15, 0.2) is 0 Å². The monoisotopic (exact) mass is 322 g/mol. The van der Waals surface area contributed by atoms with Crippen LogP contribution in [-0.4, -0.2) is 63.4 Å². The molecule has 1 saturated heterocycles. The van der Waals surface area contributed by atoms with Crippen molar-refractivity contribution in [3.63, 3.8) is 0 Å². The van der Waals surface area contributed by atoms with Gasteiger partial charge in [-0.15, -0.1) is 12.4 Å². The van der Waals surface area contributed by atoms with Crippen LogP contribution in [0.25, 0.3) is 0 Å². The topological polar surface area (TPSA) is 50.8 Å². The van der Waals surface area contributed by atoms with E-state index in [2.05, 4.69) is 5.32 Å². The van der Waals surface area contributed by atoms with Crippen molar-refractivity contribution in [2.24, 2.45) is 5.92 Å². The van der Waals surface area contributed by atoms with Gasteiger partial charge in [-0.25, -0.2) is 0 Å². The van der Waals surface area contributed by atoms with Crippen molar-refractivity contribution in [3.8, 4) is 0 Å². The molecule has 21 heavy (non-hydrogen) atoms. The van der Waals surface area contributed by atoms with Gasteiger partial charge in [-0.3, -0.25) is 4.79 Å². The number of nitrogens with zero attached hydrogens (tertiary/aromatic N) is 1. The second kappa shape index (κ2) is 12.2. The van der Waals surface area contributed by atoms with Gasteiger partial charge in [0.05, 0.1) is 13.2 Å². The van der Waals surface area contributed by atoms with Crippen molar-refractivity contribution in [3.05, 3.63) is 0 Å². The van der Waals surface area contributed by atoms with E-state index in [1.807, 2.05) is 25.8 Å². The number of ether oxygens (including phenoxy) is 2. The first kappa shape index (κ1) is 20.6. The number of amides is 1. The van der Waals surface area contributed by atoms with E-state index in [1.54, 1.807) is 0 Å². The van der Waals surface area contributed by atoms with Gasteiger partial charge in [-0.2, -0.15) is 0 Å². The molecule has 0 bridgehead atoms. The van der Waals surface area contributed by atoms with Gasteiger partial charge < -0.3 is 19.7 Å². The fourth-order valence-corrected chi connectivity index (χ4v) is 2.55. The van der Waals surface area contributed by atoms with Gasteiger partial charge in [0.15, 0.2) is 0 Å². The molecule has 0 aromatic carbocycles. The molecule has 1 fully saturated rings. The average molecular weight is 323 g/mol. The van der Waals surface area contributed by atoms with Crippen LogP contribution in [0, 0.1) is 5.92 Å². The van der Waals surface area contributed by atoms with E-state index in [-0.39, 0.29) is 24.4 Å². The van der Waals surface area contributed by atoms with Crippen LogP contribution in [0.1, 0.15) is 33.1 Å². The van der Waals surface area contributed by atoms with E-state index in [0.717, 1.165) is 38.4 Å². The van der Waals surface area contributed by atoms with Crippen LogP contribution in [0.2, 0.25) is 0 Å². The highest BCUT2D eigenvalue weighted by molar-refractivity contribution is 5.85. The van der Waals surface area contributed by atoms with E-state index >= 15 is 0 Å². The SMILES string of the molecule is CCOCCOC(C)C(=O)N1CCC(CCNC)CC1.Cl. The molecule has 1 aliphatic heterocycles. The van der Waals surface area contributed by atoms with E-state index in [4.69, 9.17) is 9.47 Å². The van der Waals surface area contributed by atoms with Crippen molar-refractivity contribution in [2.45, 2.75) is 39.2 Å². The summed E-state index contributed by atoms with van der Waals surface area (Å²) in [5.74, 6) is 0.870. The zero-order valence-electron chi connectivity index (χ0n) is 13.6. The van der Waals surface area contributed by atoms with Crippen molar-refractivity contribution >= 4 is 18.3 Å². The van der Waals surface area contributed by atoms with Crippen LogP contribution in [-0.2, 0) is 14.3 Å². The Morgan fingerprint density at radius 3 is 2.57 bits per heavy atom. The number of piperidine rings is 1. The standard InChI is InChI=1S/C15H30N2O3.ClH/c1-4-19-11-12-20-13(2)15(18)17-9-6-14(7-10-17)5-8-16-3;/h13-14,16H,4-12H2,1-3H3;1H. The highest BCUT2D eigenvalue weighted by Gasteiger charge is 2.26. The molecule has 1 heterocycles. The molecular weight excluding hydrogens is 292 g/mol. The van der Waals surface area contributed by atoms with Gasteiger partial charge in [0.2, 0.25) is 0 Å². The zero-order chi connectivity index (χ0) is 14.8. The zero-order valence-corrected chi connectivity index (χ0v) is 14.4. The fourth-order valence-electron chi connectivity index (χ4n) is 2.55. The van der Waals surface area contributed by atoms with Crippen LogP contribution in [0.5, 0.6) is 0 Å². The Morgan fingerprint density at radius 2 is 2.00 bits per heavy atom. The van der Waals surface area contributed by atoms with E-state index < -0.39 is 0 Å². The van der Waals surface area contributed by atoms with E-state index in [0.29, 0.717) is 19.8 Å². The maximum atomic E-state index is 12.2. The smallest absolute Gasteiger partial charge is 0.251 e. The van der Waals surface area contributed by atoms with Gasteiger partial charge in [0.25, 0.3) is 5.91 Å².